The van der Waals surface area contributed by atoms with Crippen molar-refractivity contribution < 1.29 is 14.4 Å². The molecule has 2 heterocycles. The van der Waals surface area contributed by atoms with Crippen molar-refractivity contribution in [2.24, 2.45) is 11.7 Å². The molecule has 0 radical (unpaired) electrons. The topological polar surface area (TPSA) is 83.7 Å². The van der Waals surface area contributed by atoms with Crippen molar-refractivity contribution in [3.63, 3.8) is 0 Å². The van der Waals surface area contributed by atoms with Gasteiger partial charge in [0, 0.05) is 31.6 Å². The molecule has 2 saturated heterocycles. The molecule has 2 aliphatic heterocycles. The summed E-state index contributed by atoms with van der Waals surface area (Å²) in [7, 11) is 0. The van der Waals surface area contributed by atoms with Crippen LogP contribution in [-0.2, 0) is 16.0 Å². The molecule has 0 bridgehead atoms. The Balaban J connectivity index is 1.53. The third-order valence-electron chi connectivity index (χ3n) is 4.87. The highest BCUT2D eigenvalue weighted by molar-refractivity contribution is 5.92. The molecular formula is C18H23N3O3. The molecule has 2 fully saturated rings. The second-order valence-corrected chi connectivity index (χ2v) is 6.68. The third kappa shape index (κ3) is 3.75. The number of hydrogen-bond donors (Lipinski definition) is 1. The van der Waals surface area contributed by atoms with E-state index in [2.05, 4.69) is 0 Å². The molecule has 1 atom stereocenters. The molecule has 0 saturated carbocycles. The van der Waals surface area contributed by atoms with Crippen molar-refractivity contribution in [2.45, 2.75) is 25.7 Å². The Morgan fingerprint density at radius 1 is 1.25 bits per heavy atom. The molecular weight excluding hydrogens is 306 g/mol. The molecule has 1 aromatic rings. The maximum absolute atomic E-state index is 12.4. The first-order chi connectivity index (χ1) is 11.5. The third-order valence-corrected chi connectivity index (χ3v) is 4.87. The van der Waals surface area contributed by atoms with Crippen molar-refractivity contribution in [3.05, 3.63) is 35.4 Å². The van der Waals surface area contributed by atoms with Crippen LogP contribution in [0.5, 0.6) is 0 Å². The Kier molecular flexibility index (Phi) is 4.83. The van der Waals surface area contributed by atoms with Gasteiger partial charge < -0.3 is 15.5 Å². The van der Waals surface area contributed by atoms with Gasteiger partial charge in [0.05, 0.1) is 6.54 Å². The predicted molar refractivity (Wildman–Crippen MR) is 89.2 cm³/mol. The van der Waals surface area contributed by atoms with Gasteiger partial charge >= 0.3 is 0 Å². The fourth-order valence-electron chi connectivity index (χ4n) is 3.55. The van der Waals surface area contributed by atoms with Gasteiger partial charge in [-0.1, -0.05) is 12.1 Å². The Bertz CT molecular complexity index is 659. The van der Waals surface area contributed by atoms with E-state index in [9.17, 15) is 14.4 Å². The van der Waals surface area contributed by atoms with E-state index < -0.39 is 5.91 Å². The van der Waals surface area contributed by atoms with Gasteiger partial charge in [0.25, 0.3) is 0 Å². The summed E-state index contributed by atoms with van der Waals surface area (Å²) in [6, 6.07) is 7.37. The summed E-state index contributed by atoms with van der Waals surface area (Å²) in [5, 5.41) is 0. The predicted octanol–water partition coefficient (Wildman–Crippen LogP) is 0.799. The van der Waals surface area contributed by atoms with Crippen LogP contribution in [0.3, 0.4) is 0 Å². The highest BCUT2D eigenvalue weighted by Gasteiger charge is 2.29. The number of likely N-dealkylation sites (tertiary alicyclic amines) is 2. The van der Waals surface area contributed by atoms with Crippen LogP contribution in [0.2, 0.25) is 0 Å². The Morgan fingerprint density at radius 3 is 2.79 bits per heavy atom. The summed E-state index contributed by atoms with van der Waals surface area (Å²) >= 11 is 0. The van der Waals surface area contributed by atoms with Crippen molar-refractivity contribution in [3.8, 4) is 0 Å². The zero-order valence-electron chi connectivity index (χ0n) is 13.7. The van der Waals surface area contributed by atoms with Crippen LogP contribution in [0.15, 0.2) is 24.3 Å². The highest BCUT2D eigenvalue weighted by atomic mass is 16.2. The van der Waals surface area contributed by atoms with Gasteiger partial charge in [0.2, 0.25) is 17.7 Å². The largest absolute Gasteiger partial charge is 0.366 e. The van der Waals surface area contributed by atoms with Gasteiger partial charge in [0.1, 0.15) is 0 Å². The summed E-state index contributed by atoms with van der Waals surface area (Å²) < 4.78 is 0. The van der Waals surface area contributed by atoms with Crippen LogP contribution >= 0.6 is 0 Å². The van der Waals surface area contributed by atoms with Crippen LogP contribution in [0.1, 0.15) is 35.2 Å². The number of amides is 3. The summed E-state index contributed by atoms with van der Waals surface area (Å²) in [5.41, 5.74) is 6.91. The smallest absolute Gasteiger partial charge is 0.248 e. The van der Waals surface area contributed by atoms with Gasteiger partial charge in [-0.15, -0.1) is 0 Å². The first-order valence-electron chi connectivity index (χ1n) is 8.47. The van der Waals surface area contributed by atoms with Crippen molar-refractivity contribution in [1.29, 1.82) is 0 Å². The number of primary amides is 1. The van der Waals surface area contributed by atoms with E-state index in [1.807, 2.05) is 23.1 Å². The normalized spacial score (nSPS) is 20.7. The quantitative estimate of drug-likeness (QED) is 0.867. The molecule has 2 aliphatic rings. The van der Waals surface area contributed by atoms with E-state index >= 15 is 0 Å². The first-order valence-corrected chi connectivity index (χ1v) is 8.47. The lowest BCUT2D eigenvalue weighted by atomic mass is 9.97. The SMILES string of the molecule is NC(=O)c1cccc(C[C@H]2CCN(C(=O)CN3CCCC3=O)C2)c1. The lowest BCUT2D eigenvalue weighted by Crippen LogP contribution is -2.39. The molecule has 0 aromatic heterocycles. The van der Waals surface area contributed by atoms with Crippen molar-refractivity contribution in [1.82, 2.24) is 9.80 Å². The summed E-state index contributed by atoms with van der Waals surface area (Å²) in [4.78, 5) is 38.8. The number of hydrogen-bond acceptors (Lipinski definition) is 3. The van der Waals surface area contributed by atoms with Crippen LogP contribution in [0, 0.1) is 5.92 Å². The van der Waals surface area contributed by atoms with Gasteiger partial charge in [-0.2, -0.15) is 0 Å². The highest BCUT2D eigenvalue weighted by Crippen LogP contribution is 2.22. The lowest BCUT2D eigenvalue weighted by Gasteiger charge is -2.21. The number of carbonyl (C=O) groups excluding carboxylic acids is 3. The molecule has 0 unspecified atom stereocenters. The average molecular weight is 329 g/mol. The van der Waals surface area contributed by atoms with Gasteiger partial charge in [-0.3, -0.25) is 14.4 Å². The molecule has 3 rings (SSSR count). The molecule has 1 aromatic carbocycles. The van der Waals surface area contributed by atoms with E-state index in [1.54, 1.807) is 11.0 Å². The van der Waals surface area contributed by atoms with Crippen LogP contribution in [0.25, 0.3) is 0 Å². The van der Waals surface area contributed by atoms with E-state index in [0.717, 1.165) is 31.4 Å². The Hall–Kier alpha value is -2.37. The van der Waals surface area contributed by atoms with E-state index in [1.165, 1.54) is 0 Å². The number of rotatable bonds is 5. The molecule has 0 aliphatic carbocycles. The number of carbonyl (C=O) groups is 3. The number of nitrogens with zero attached hydrogens (tertiary/aromatic N) is 2. The molecule has 6 nitrogen and oxygen atoms in total. The Labute approximate surface area is 141 Å². The molecule has 2 N–H and O–H groups in total. The molecule has 0 spiro atoms. The Morgan fingerprint density at radius 2 is 2.08 bits per heavy atom. The van der Waals surface area contributed by atoms with Crippen molar-refractivity contribution >= 4 is 17.7 Å². The number of benzene rings is 1. The fourth-order valence-corrected chi connectivity index (χ4v) is 3.55. The zero-order valence-corrected chi connectivity index (χ0v) is 13.7. The maximum Gasteiger partial charge on any atom is 0.248 e. The van der Waals surface area contributed by atoms with E-state index in [0.29, 0.717) is 31.0 Å². The van der Waals surface area contributed by atoms with E-state index in [-0.39, 0.29) is 18.4 Å². The lowest BCUT2D eigenvalue weighted by molar-refractivity contribution is -0.137. The van der Waals surface area contributed by atoms with Gasteiger partial charge in [-0.25, -0.2) is 0 Å². The zero-order chi connectivity index (χ0) is 17.1. The van der Waals surface area contributed by atoms with Crippen LogP contribution in [0.4, 0.5) is 0 Å². The minimum Gasteiger partial charge on any atom is -0.366 e. The molecule has 3 amide bonds. The summed E-state index contributed by atoms with van der Waals surface area (Å²) in [5.74, 6) is 0.0858. The summed E-state index contributed by atoms with van der Waals surface area (Å²) in [6.07, 6.45) is 3.19. The first kappa shape index (κ1) is 16.5. The maximum atomic E-state index is 12.4. The minimum absolute atomic E-state index is 0.0404. The van der Waals surface area contributed by atoms with Crippen LogP contribution < -0.4 is 5.73 Å². The minimum atomic E-state index is -0.421. The van der Waals surface area contributed by atoms with Gasteiger partial charge in [-0.05, 0) is 42.9 Å². The summed E-state index contributed by atoms with van der Waals surface area (Å²) in [6.45, 7) is 2.35. The second kappa shape index (κ2) is 7.03. The fraction of sp³-hybridized carbons (Fsp3) is 0.500. The standard InChI is InChI=1S/C18H23N3O3/c19-18(24)15-4-1-3-13(10-15)9-14-6-8-21(11-14)17(23)12-20-7-2-5-16(20)22/h1,3-4,10,14H,2,5-9,11-12H2,(H2,19,24)/t14-/m1/s1. The van der Waals surface area contributed by atoms with Crippen LogP contribution in [-0.4, -0.2) is 53.7 Å². The molecule has 6 heteroatoms. The average Bonchev–Trinajstić information content (AvgIpc) is 3.17. The molecule has 24 heavy (non-hydrogen) atoms. The van der Waals surface area contributed by atoms with Crippen molar-refractivity contribution in [2.75, 3.05) is 26.2 Å². The second-order valence-electron chi connectivity index (χ2n) is 6.68. The van der Waals surface area contributed by atoms with Gasteiger partial charge in [0.15, 0.2) is 0 Å². The molecule has 128 valence electrons. The number of nitrogens with two attached hydrogens (primary N) is 1. The monoisotopic (exact) mass is 329 g/mol. The van der Waals surface area contributed by atoms with E-state index in [4.69, 9.17) is 5.73 Å².